The SMILES string of the molecule is COc1ccc(C(C)C)cc1CC(=O)N1CCN(C(=O)C2CCC2)CC1. The number of amides is 2. The van der Waals surface area contributed by atoms with Gasteiger partial charge in [-0.3, -0.25) is 9.59 Å². The summed E-state index contributed by atoms with van der Waals surface area (Å²) in [4.78, 5) is 28.9. The first kappa shape index (κ1) is 18.7. The Labute approximate surface area is 156 Å². The number of nitrogens with zero attached hydrogens (tertiary/aromatic N) is 2. The zero-order chi connectivity index (χ0) is 18.7. The molecule has 2 aliphatic rings. The van der Waals surface area contributed by atoms with Crippen LogP contribution in [0.3, 0.4) is 0 Å². The van der Waals surface area contributed by atoms with E-state index < -0.39 is 0 Å². The molecule has 2 amide bonds. The lowest BCUT2D eigenvalue weighted by molar-refractivity contribution is -0.143. The molecule has 0 unspecified atom stereocenters. The summed E-state index contributed by atoms with van der Waals surface area (Å²) in [5.74, 6) is 1.81. The van der Waals surface area contributed by atoms with Crippen LogP contribution in [0.4, 0.5) is 0 Å². The van der Waals surface area contributed by atoms with Gasteiger partial charge in [0.05, 0.1) is 13.5 Å². The molecule has 142 valence electrons. The van der Waals surface area contributed by atoms with Gasteiger partial charge in [0.2, 0.25) is 11.8 Å². The molecular formula is C21H30N2O3. The number of methoxy groups -OCH3 is 1. The maximum atomic E-state index is 12.8. The van der Waals surface area contributed by atoms with Crippen LogP contribution in [0.5, 0.6) is 5.75 Å². The molecule has 1 aromatic carbocycles. The Balaban J connectivity index is 1.59. The van der Waals surface area contributed by atoms with Crippen molar-refractivity contribution in [3.63, 3.8) is 0 Å². The van der Waals surface area contributed by atoms with Crippen molar-refractivity contribution in [2.45, 2.75) is 45.4 Å². The quantitative estimate of drug-likeness (QED) is 0.813. The van der Waals surface area contributed by atoms with Crippen molar-refractivity contribution in [2.75, 3.05) is 33.3 Å². The van der Waals surface area contributed by atoms with Crippen molar-refractivity contribution in [1.29, 1.82) is 0 Å². The zero-order valence-corrected chi connectivity index (χ0v) is 16.2. The van der Waals surface area contributed by atoms with Crippen molar-refractivity contribution in [3.8, 4) is 5.75 Å². The fourth-order valence-corrected chi connectivity index (χ4v) is 3.66. The van der Waals surface area contributed by atoms with Gasteiger partial charge in [0.15, 0.2) is 0 Å². The first-order valence-electron chi connectivity index (χ1n) is 9.73. The van der Waals surface area contributed by atoms with Gasteiger partial charge in [0.25, 0.3) is 0 Å². The minimum absolute atomic E-state index is 0.111. The Bertz CT molecular complexity index is 659. The topological polar surface area (TPSA) is 49.9 Å². The van der Waals surface area contributed by atoms with E-state index in [1.54, 1.807) is 7.11 Å². The van der Waals surface area contributed by atoms with Gasteiger partial charge in [-0.05, 0) is 30.4 Å². The van der Waals surface area contributed by atoms with E-state index in [0.29, 0.717) is 38.5 Å². The highest BCUT2D eigenvalue weighted by molar-refractivity contribution is 5.81. The second-order valence-corrected chi connectivity index (χ2v) is 7.74. The van der Waals surface area contributed by atoms with Gasteiger partial charge in [-0.25, -0.2) is 0 Å². The van der Waals surface area contributed by atoms with Crippen molar-refractivity contribution >= 4 is 11.8 Å². The first-order valence-corrected chi connectivity index (χ1v) is 9.73. The third-order valence-corrected chi connectivity index (χ3v) is 5.71. The molecule has 2 fully saturated rings. The fourth-order valence-electron chi connectivity index (χ4n) is 3.66. The van der Waals surface area contributed by atoms with Crippen LogP contribution in [-0.4, -0.2) is 54.9 Å². The third-order valence-electron chi connectivity index (χ3n) is 5.71. The highest BCUT2D eigenvalue weighted by Gasteiger charge is 2.32. The van der Waals surface area contributed by atoms with E-state index in [0.717, 1.165) is 24.2 Å². The van der Waals surface area contributed by atoms with Gasteiger partial charge in [-0.2, -0.15) is 0 Å². The van der Waals surface area contributed by atoms with Crippen LogP contribution in [0.1, 0.15) is 50.2 Å². The summed E-state index contributed by atoms with van der Waals surface area (Å²) < 4.78 is 5.44. The molecule has 3 rings (SSSR count). The fraction of sp³-hybridized carbons (Fsp3) is 0.619. The van der Waals surface area contributed by atoms with E-state index in [-0.39, 0.29) is 17.7 Å². The Hall–Kier alpha value is -2.04. The van der Waals surface area contributed by atoms with Crippen LogP contribution in [0.15, 0.2) is 18.2 Å². The van der Waals surface area contributed by atoms with Gasteiger partial charge < -0.3 is 14.5 Å². The molecule has 1 aromatic rings. The summed E-state index contributed by atoms with van der Waals surface area (Å²) in [7, 11) is 1.64. The standard InChI is InChI=1S/C21H30N2O3/c1-15(2)17-7-8-19(26-3)18(13-17)14-20(24)22-9-11-23(12-10-22)21(25)16-5-4-6-16/h7-8,13,15-16H,4-6,9-12,14H2,1-3H3. The summed E-state index contributed by atoms with van der Waals surface area (Å²) >= 11 is 0. The number of rotatable bonds is 5. The number of carbonyl (C=O) groups is 2. The monoisotopic (exact) mass is 358 g/mol. The van der Waals surface area contributed by atoms with Crippen LogP contribution in [0, 0.1) is 5.92 Å². The van der Waals surface area contributed by atoms with Crippen molar-refractivity contribution in [3.05, 3.63) is 29.3 Å². The number of carbonyl (C=O) groups excluding carboxylic acids is 2. The second-order valence-electron chi connectivity index (χ2n) is 7.74. The molecule has 0 radical (unpaired) electrons. The summed E-state index contributed by atoms with van der Waals surface area (Å²) in [5.41, 5.74) is 2.15. The minimum atomic E-state index is 0.111. The molecule has 1 heterocycles. The zero-order valence-electron chi connectivity index (χ0n) is 16.2. The number of hydrogen-bond acceptors (Lipinski definition) is 3. The van der Waals surface area contributed by atoms with E-state index in [1.807, 2.05) is 15.9 Å². The number of ether oxygens (including phenoxy) is 1. The Morgan fingerprint density at radius 2 is 1.77 bits per heavy atom. The molecule has 0 N–H and O–H groups in total. The average molecular weight is 358 g/mol. The molecule has 26 heavy (non-hydrogen) atoms. The summed E-state index contributed by atoms with van der Waals surface area (Å²) in [6.07, 6.45) is 3.58. The lowest BCUT2D eigenvalue weighted by Gasteiger charge is -2.38. The molecule has 0 aromatic heterocycles. The number of hydrogen-bond donors (Lipinski definition) is 0. The van der Waals surface area contributed by atoms with E-state index in [9.17, 15) is 9.59 Å². The predicted molar refractivity (Wildman–Crippen MR) is 101 cm³/mol. The first-order chi connectivity index (χ1) is 12.5. The van der Waals surface area contributed by atoms with Crippen LogP contribution in [-0.2, 0) is 16.0 Å². The molecule has 5 nitrogen and oxygen atoms in total. The highest BCUT2D eigenvalue weighted by atomic mass is 16.5. The third kappa shape index (κ3) is 4.02. The molecule has 1 aliphatic carbocycles. The van der Waals surface area contributed by atoms with Gasteiger partial charge in [0.1, 0.15) is 5.75 Å². The number of benzene rings is 1. The van der Waals surface area contributed by atoms with Gasteiger partial charge >= 0.3 is 0 Å². The van der Waals surface area contributed by atoms with E-state index in [2.05, 4.69) is 26.0 Å². The maximum absolute atomic E-state index is 12.8. The maximum Gasteiger partial charge on any atom is 0.227 e. The van der Waals surface area contributed by atoms with Gasteiger partial charge in [-0.15, -0.1) is 0 Å². The van der Waals surface area contributed by atoms with E-state index >= 15 is 0 Å². The summed E-state index contributed by atoms with van der Waals surface area (Å²) in [6.45, 7) is 6.86. The molecule has 1 saturated carbocycles. The van der Waals surface area contributed by atoms with Crippen LogP contribution >= 0.6 is 0 Å². The smallest absolute Gasteiger partial charge is 0.227 e. The lowest BCUT2D eigenvalue weighted by atomic mass is 9.84. The Morgan fingerprint density at radius 1 is 1.12 bits per heavy atom. The molecule has 0 spiro atoms. The molecule has 1 aliphatic heterocycles. The van der Waals surface area contributed by atoms with Crippen LogP contribution in [0.25, 0.3) is 0 Å². The molecule has 0 atom stereocenters. The van der Waals surface area contributed by atoms with Crippen molar-refractivity contribution in [2.24, 2.45) is 5.92 Å². The number of piperazine rings is 1. The Kier molecular flexibility index (Phi) is 5.84. The Morgan fingerprint density at radius 3 is 2.31 bits per heavy atom. The molecule has 0 bridgehead atoms. The summed E-state index contributed by atoms with van der Waals surface area (Å²) in [5, 5.41) is 0. The average Bonchev–Trinajstić information content (AvgIpc) is 2.60. The molecule has 1 saturated heterocycles. The van der Waals surface area contributed by atoms with E-state index in [4.69, 9.17) is 4.74 Å². The highest BCUT2D eigenvalue weighted by Crippen LogP contribution is 2.29. The van der Waals surface area contributed by atoms with Crippen molar-refractivity contribution in [1.82, 2.24) is 9.80 Å². The van der Waals surface area contributed by atoms with Gasteiger partial charge in [0, 0.05) is 37.7 Å². The van der Waals surface area contributed by atoms with Crippen LogP contribution in [0.2, 0.25) is 0 Å². The molecular weight excluding hydrogens is 328 g/mol. The van der Waals surface area contributed by atoms with Gasteiger partial charge in [-0.1, -0.05) is 32.4 Å². The minimum Gasteiger partial charge on any atom is -0.496 e. The molecule has 5 heteroatoms. The predicted octanol–water partition coefficient (Wildman–Crippen LogP) is 2.83. The summed E-state index contributed by atoms with van der Waals surface area (Å²) in [6, 6.07) is 6.09. The lowest BCUT2D eigenvalue weighted by Crippen LogP contribution is -2.52. The van der Waals surface area contributed by atoms with E-state index in [1.165, 1.54) is 12.0 Å². The second kappa shape index (κ2) is 8.11. The normalized spacial score (nSPS) is 18.0. The largest absolute Gasteiger partial charge is 0.496 e. The van der Waals surface area contributed by atoms with Crippen molar-refractivity contribution < 1.29 is 14.3 Å². The van der Waals surface area contributed by atoms with Crippen LogP contribution < -0.4 is 4.74 Å².